The molecule has 21 nitrogen and oxygen atoms in total. The van der Waals surface area contributed by atoms with Crippen molar-refractivity contribution in [3.05, 3.63) is 0 Å². The van der Waals surface area contributed by atoms with Gasteiger partial charge in [0.25, 0.3) is 0 Å². The van der Waals surface area contributed by atoms with E-state index >= 15 is 0 Å². The Morgan fingerprint density at radius 2 is 0.811 bits per heavy atom. The predicted molar refractivity (Wildman–Crippen MR) is 114 cm³/mol. The van der Waals surface area contributed by atoms with Gasteiger partial charge in [0.15, 0.2) is 40.8 Å². The highest BCUT2D eigenvalue weighted by Gasteiger charge is 2.36. The molecule has 0 saturated heterocycles. The molecule has 0 heterocycles. The Labute approximate surface area is 210 Å². The lowest BCUT2D eigenvalue weighted by Gasteiger charge is -2.33. The zero-order valence-corrected chi connectivity index (χ0v) is 22.8. The number of ether oxygens (including phenoxy) is 3. The van der Waals surface area contributed by atoms with Gasteiger partial charge in [-0.25, -0.2) is 13.7 Å². The minimum Gasteiger partial charge on any atom is -0.370 e. The maximum atomic E-state index is 11.7. The van der Waals surface area contributed by atoms with Crippen LogP contribution < -0.4 is 0 Å². The topological polar surface area (TPSA) is 302 Å². The third-order valence-corrected chi connectivity index (χ3v) is 6.62. The van der Waals surface area contributed by atoms with Crippen molar-refractivity contribution in [2.45, 2.75) is 0 Å². The third kappa shape index (κ3) is 19.9. The van der Waals surface area contributed by atoms with E-state index in [9.17, 15) is 37.8 Å². The minimum absolute atomic E-state index is 0.625. The van der Waals surface area contributed by atoms with Crippen molar-refractivity contribution >= 4 is 31.1 Å². The predicted octanol–water partition coefficient (Wildman–Crippen LogP) is -1.02. The summed E-state index contributed by atoms with van der Waals surface area (Å²) in [5.74, 6) is 0. The van der Waals surface area contributed by atoms with Crippen LogP contribution in [-0.2, 0) is 64.1 Å². The molecule has 0 fully saturated rings. The molecule has 0 aliphatic carbocycles. The number of aliphatic hydroxyl groups is 3. The van der Waals surface area contributed by atoms with Crippen LogP contribution >= 0.6 is 31.1 Å². The average Bonchev–Trinajstić information content (AvgIpc) is 2.75. The van der Waals surface area contributed by atoms with Gasteiger partial charge in [-0.3, -0.25) is 31.7 Å². The Bertz CT molecular complexity index is 732. The molecular weight excluding hydrogens is 604 g/mol. The van der Waals surface area contributed by atoms with Crippen molar-refractivity contribution in [3.8, 4) is 0 Å². The summed E-state index contributed by atoms with van der Waals surface area (Å²) in [5.41, 5.74) is -1.67. The highest BCUT2D eigenvalue weighted by molar-refractivity contribution is 7.51. The number of phosphoric acid groups is 3. The average molecular weight is 634 g/mol. The van der Waals surface area contributed by atoms with E-state index in [2.05, 4.69) is 27.1 Å². The Hall–Kier alpha value is 0.240. The Kier molecular flexibility index (Phi) is 17.9. The molecule has 0 bridgehead atoms. The van der Waals surface area contributed by atoms with Crippen molar-refractivity contribution in [1.82, 2.24) is 0 Å². The molecule has 0 aliphatic heterocycles. The molecule has 37 heavy (non-hydrogen) atoms. The second kappa shape index (κ2) is 17.8. The fraction of sp³-hybridized carbons (Fsp3) is 1.00. The van der Waals surface area contributed by atoms with Gasteiger partial charge in [-0.1, -0.05) is 0 Å². The van der Waals surface area contributed by atoms with Crippen molar-refractivity contribution in [2.24, 2.45) is 5.41 Å². The van der Waals surface area contributed by atoms with Crippen LogP contribution in [0.3, 0.4) is 0 Å². The summed E-state index contributed by atoms with van der Waals surface area (Å²) in [7, 11) is -18.2. The summed E-state index contributed by atoms with van der Waals surface area (Å²) < 4.78 is 91.5. The largest absolute Gasteiger partial charge is 0.476 e. The minimum atomic E-state index is -4.70. The smallest absolute Gasteiger partial charge is 0.370 e. The van der Waals surface area contributed by atoms with Gasteiger partial charge in [0.05, 0.1) is 31.8 Å². The van der Waals surface area contributed by atoms with Crippen LogP contribution in [-0.4, -0.2) is 109 Å². The van der Waals surface area contributed by atoms with Gasteiger partial charge >= 0.3 is 31.1 Å². The first-order valence-corrected chi connectivity index (χ1v) is 15.9. The second-order valence-corrected chi connectivity index (χ2v) is 12.8. The van der Waals surface area contributed by atoms with Crippen LogP contribution in [0.25, 0.3) is 0 Å². The molecule has 4 atom stereocenters. The van der Waals surface area contributed by atoms with Crippen LogP contribution in [0.2, 0.25) is 0 Å². The number of hydrogen-bond acceptors (Lipinski definition) is 17. The van der Waals surface area contributed by atoms with E-state index in [0.717, 1.165) is 6.66 Å². The van der Waals surface area contributed by atoms with Crippen LogP contribution in [0.15, 0.2) is 0 Å². The zero-order chi connectivity index (χ0) is 28.6. The highest BCUT2D eigenvalue weighted by atomic mass is 31.2. The first-order chi connectivity index (χ1) is 17.0. The lowest BCUT2D eigenvalue weighted by Crippen LogP contribution is -2.42. The van der Waals surface area contributed by atoms with E-state index in [1.807, 2.05) is 0 Å². The van der Waals surface area contributed by atoms with Gasteiger partial charge in [-0.05, 0) is 0 Å². The normalized spacial score (nSPS) is 20.3. The monoisotopic (exact) mass is 634 g/mol. The van der Waals surface area contributed by atoms with Gasteiger partial charge in [0.1, 0.15) is 0 Å². The van der Waals surface area contributed by atoms with E-state index < -0.39 is 104 Å². The van der Waals surface area contributed by atoms with Crippen molar-refractivity contribution in [2.75, 3.05) is 73.9 Å². The third-order valence-electron chi connectivity index (χ3n) is 3.40. The number of rotatable bonds is 24. The van der Waals surface area contributed by atoms with Gasteiger partial charge < -0.3 is 53.6 Å². The summed E-state index contributed by atoms with van der Waals surface area (Å²) in [6, 6.07) is 0. The van der Waals surface area contributed by atoms with Crippen molar-refractivity contribution in [3.63, 3.8) is 0 Å². The van der Waals surface area contributed by atoms with Gasteiger partial charge in [0, 0.05) is 6.66 Å². The van der Waals surface area contributed by atoms with E-state index in [1.54, 1.807) is 0 Å². The molecule has 0 aromatic rings. The maximum Gasteiger partial charge on any atom is 0.476 e. The Morgan fingerprint density at radius 3 is 1.05 bits per heavy atom. The molecule has 7 N–H and O–H groups in total. The molecule has 0 aromatic carbocycles. The fourth-order valence-electron chi connectivity index (χ4n) is 1.92. The number of aliphatic hydroxyl groups excluding tert-OH is 3. The first-order valence-electron chi connectivity index (χ1n) is 9.37. The SMILES string of the molecule is CP(=O)(O)OCC(COCOP(=O)(O)OCO)(COCOP(=O)(O)OCO)COCOP(=O)(O)OCO. The molecule has 0 aliphatic rings. The zero-order valence-electron chi connectivity index (χ0n) is 19.2. The maximum absolute atomic E-state index is 11.7. The van der Waals surface area contributed by atoms with Crippen molar-refractivity contribution < 1.29 is 99.0 Å². The quantitative estimate of drug-likeness (QED) is 0.0379. The van der Waals surface area contributed by atoms with Crippen LogP contribution in [0, 0.1) is 5.41 Å². The van der Waals surface area contributed by atoms with Crippen LogP contribution in [0.1, 0.15) is 0 Å². The fourth-order valence-corrected chi connectivity index (χ4v) is 3.72. The summed E-state index contributed by atoms with van der Waals surface area (Å²) >= 11 is 0. The van der Waals surface area contributed by atoms with Crippen LogP contribution in [0.5, 0.6) is 0 Å². The van der Waals surface area contributed by atoms with E-state index in [1.165, 1.54) is 0 Å². The molecule has 0 rings (SSSR count). The molecule has 25 heteroatoms. The molecule has 0 radical (unpaired) electrons. The van der Waals surface area contributed by atoms with Crippen molar-refractivity contribution in [1.29, 1.82) is 0 Å². The van der Waals surface area contributed by atoms with E-state index in [-0.39, 0.29) is 0 Å². The molecule has 0 spiro atoms. The summed E-state index contributed by atoms with van der Waals surface area (Å²) in [6.07, 6.45) is 0. The summed E-state index contributed by atoms with van der Waals surface area (Å²) in [6.45, 7) is -8.06. The van der Waals surface area contributed by atoms with Gasteiger partial charge in [-0.2, -0.15) is 0 Å². The molecular formula is C12H30O21P4. The Balaban J connectivity index is 5.44. The second-order valence-electron chi connectivity index (χ2n) is 6.54. The molecule has 0 amide bonds. The number of hydrogen-bond donors (Lipinski definition) is 7. The number of phosphoric ester groups is 3. The van der Waals surface area contributed by atoms with Crippen LogP contribution in [0.4, 0.5) is 0 Å². The van der Waals surface area contributed by atoms with Gasteiger partial charge in [-0.15, -0.1) is 0 Å². The first kappa shape index (κ1) is 37.2. The summed E-state index contributed by atoms with van der Waals surface area (Å²) in [4.78, 5) is 37.3. The lowest BCUT2D eigenvalue weighted by molar-refractivity contribution is -0.142. The highest BCUT2D eigenvalue weighted by Crippen LogP contribution is 2.45. The molecule has 0 aromatic heterocycles. The summed E-state index contributed by atoms with van der Waals surface area (Å²) in [5, 5.41) is 25.6. The van der Waals surface area contributed by atoms with Gasteiger partial charge in [0.2, 0.25) is 0 Å². The molecule has 224 valence electrons. The molecule has 4 unspecified atom stereocenters. The van der Waals surface area contributed by atoms with E-state index in [0.29, 0.717) is 0 Å². The lowest BCUT2D eigenvalue weighted by atomic mass is 9.92. The molecule has 0 saturated carbocycles. The van der Waals surface area contributed by atoms with E-state index in [4.69, 9.17) is 34.1 Å². The Morgan fingerprint density at radius 1 is 0.514 bits per heavy atom. The standard InChI is InChI=1S/C12H30O21P4/c1-34(16,17)27-5-12(2-24-9-31-35(18,19)28-6-13,3-25-10-32-36(20,21)29-7-14)4-26-11-33-37(22,23)30-8-15/h13-15H,2-11H2,1H3,(H,16,17)(H,18,19)(H,20,21)(H,22,23).